The van der Waals surface area contributed by atoms with Gasteiger partial charge in [0, 0.05) is 13.6 Å². The van der Waals surface area contributed by atoms with Gasteiger partial charge in [-0.1, -0.05) is 11.8 Å². The predicted octanol–water partition coefficient (Wildman–Crippen LogP) is 0.335. The molecule has 3 N–H and O–H groups in total. The fourth-order valence-electron chi connectivity index (χ4n) is 0.832. The topological polar surface area (TPSA) is 80.0 Å². The van der Waals surface area contributed by atoms with Crippen LogP contribution in [0.2, 0.25) is 0 Å². The lowest BCUT2D eigenvalue weighted by Gasteiger charge is -2.11. The molecule has 0 aliphatic carbocycles. The number of aromatic nitrogens is 3. The SMILES string of the molecule is CCNc1nc(SC)nc(N(C)N)n1. The first kappa shape index (κ1) is 11.0. The van der Waals surface area contributed by atoms with Crippen LogP contribution in [0.3, 0.4) is 0 Å². The van der Waals surface area contributed by atoms with Gasteiger partial charge in [0.25, 0.3) is 0 Å². The maximum absolute atomic E-state index is 5.55. The van der Waals surface area contributed by atoms with Crippen LogP contribution in [-0.4, -0.2) is 34.8 Å². The van der Waals surface area contributed by atoms with E-state index in [9.17, 15) is 0 Å². The van der Waals surface area contributed by atoms with E-state index in [1.807, 2.05) is 13.2 Å². The maximum atomic E-state index is 5.55. The molecule has 0 bridgehead atoms. The number of hydrogen-bond donors (Lipinski definition) is 2. The molecule has 78 valence electrons. The van der Waals surface area contributed by atoms with Crippen molar-refractivity contribution in [2.75, 3.05) is 30.2 Å². The highest BCUT2D eigenvalue weighted by Crippen LogP contribution is 2.13. The minimum absolute atomic E-state index is 0.459. The van der Waals surface area contributed by atoms with Crippen LogP contribution in [0.5, 0.6) is 0 Å². The fraction of sp³-hybridized carbons (Fsp3) is 0.571. The molecule has 7 heteroatoms. The summed E-state index contributed by atoms with van der Waals surface area (Å²) in [6.45, 7) is 2.75. The Bertz CT molecular complexity index is 302. The molecule has 0 saturated heterocycles. The summed E-state index contributed by atoms with van der Waals surface area (Å²) in [7, 11) is 1.69. The summed E-state index contributed by atoms with van der Waals surface area (Å²) in [6.07, 6.45) is 1.91. The van der Waals surface area contributed by atoms with Crippen LogP contribution in [-0.2, 0) is 0 Å². The second-order valence-corrected chi connectivity index (χ2v) is 3.36. The van der Waals surface area contributed by atoms with Gasteiger partial charge in [0.1, 0.15) is 0 Å². The Hall–Kier alpha value is -1.08. The van der Waals surface area contributed by atoms with Gasteiger partial charge in [0.05, 0.1) is 0 Å². The normalized spacial score (nSPS) is 10.0. The van der Waals surface area contributed by atoms with Crippen LogP contribution in [0.25, 0.3) is 0 Å². The molecule has 0 aliphatic heterocycles. The summed E-state index contributed by atoms with van der Waals surface area (Å²) >= 11 is 1.46. The highest BCUT2D eigenvalue weighted by Gasteiger charge is 2.06. The van der Waals surface area contributed by atoms with E-state index in [1.165, 1.54) is 16.8 Å². The summed E-state index contributed by atoms with van der Waals surface area (Å²) in [6, 6.07) is 0. The summed E-state index contributed by atoms with van der Waals surface area (Å²) in [5, 5.41) is 5.04. The van der Waals surface area contributed by atoms with E-state index in [-0.39, 0.29) is 0 Å². The van der Waals surface area contributed by atoms with E-state index in [2.05, 4.69) is 20.3 Å². The van der Waals surface area contributed by atoms with Gasteiger partial charge in [-0.3, -0.25) is 5.01 Å². The van der Waals surface area contributed by atoms with Crippen LogP contribution in [0.1, 0.15) is 6.92 Å². The Labute approximate surface area is 87.3 Å². The second-order valence-electron chi connectivity index (χ2n) is 2.59. The van der Waals surface area contributed by atoms with Gasteiger partial charge in [0.2, 0.25) is 11.9 Å². The average Bonchev–Trinajstić information content (AvgIpc) is 2.17. The number of hydrogen-bond acceptors (Lipinski definition) is 7. The van der Waals surface area contributed by atoms with Crippen LogP contribution in [0.4, 0.5) is 11.9 Å². The highest BCUT2D eigenvalue weighted by molar-refractivity contribution is 7.98. The molecule has 1 aromatic rings. The number of anilines is 2. The molecular weight excluding hydrogens is 200 g/mol. The minimum atomic E-state index is 0.459. The quantitative estimate of drug-likeness (QED) is 0.425. The van der Waals surface area contributed by atoms with Gasteiger partial charge in [-0.05, 0) is 13.2 Å². The van der Waals surface area contributed by atoms with Crippen molar-refractivity contribution in [2.24, 2.45) is 5.84 Å². The molecule has 0 atom stereocenters. The van der Waals surface area contributed by atoms with Gasteiger partial charge in [-0.15, -0.1) is 0 Å². The van der Waals surface area contributed by atoms with Gasteiger partial charge in [-0.25, -0.2) is 5.84 Å². The second kappa shape index (κ2) is 4.97. The maximum Gasteiger partial charge on any atom is 0.245 e. The van der Waals surface area contributed by atoms with Gasteiger partial charge in [0.15, 0.2) is 5.16 Å². The minimum Gasteiger partial charge on any atom is -0.354 e. The van der Waals surface area contributed by atoms with Gasteiger partial charge in [-0.2, -0.15) is 15.0 Å². The van der Waals surface area contributed by atoms with E-state index in [0.29, 0.717) is 17.1 Å². The summed E-state index contributed by atoms with van der Waals surface area (Å²) < 4.78 is 0. The number of nitrogens with two attached hydrogens (primary N) is 1. The molecule has 0 saturated carbocycles. The van der Waals surface area contributed by atoms with Crippen molar-refractivity contribution in [3.8, 4) is 0 Å². The third-order valence-corrected chi connectivity index (χ3v) is 1.98. The Morgan fingerprint density at radius 3 is 2.64 bits per heavy atom. The number of rotatable bonds is 4. The molecule has 0 amide bonds. The molecular formula is C7H14N6S. The Balaban J connectivity index is 3.00. The van der Waals surface area contributed by atoms with Crippen molar-refractivity contribution < 1.29 is 0 Å². The zero-order valence-electron chi connectivity index (χ0n) is 8.48. The standard InChI is InChI=1S/C7H14N6S/c1-4-9-5-10-6(13(2)8)12-7(11-5)14-3/h4,8H2,1-3H3,(H,9,10,11,12). The van der Waals surface area contributed by atoms with Crippen molar-refractivity contribution in [3.05, 3.63) is 0 Å². The Kier molecular flexibility index (Phi) is 3.90. The molecule has 1 rings (SSSR count). The highest BCUT2D eigenvalue weighted by atomic mass is 32.2. The zero-order chi connectivity index (χ0) is 10.6. The first-order valence-corrected chi connectivity index (χ1v) is 5.42. The smallest absolute Gasteiger partial charge is 0.245 e. The van der Waals surface area contributed by atoms with Gasteiger partial charge < -0.3 is 5.32 Å². The molecule has 0 fully saturated rings. The summed E-state index contributed by atoms with van der Waals surface area (Å²) in [5.74, 6) is 6.56. The van der Waals surface area contributed by atoms with E-state index in [1.54, 1.807) is 7.05 Å². The third-order valence-electron chi connectivity index (χ3n) is 1.44. The molecule has 0 aromatic carbocycles. The lowest BCUT2D eigenvalue weighted by Crippen LogP contribution is -2.28. The first-order chi connectivity index (χ1) is 6.67. The fourth-order valence-corrected chi connectivity index (χ4v) is 1.18. The number of nitrogens with one attached hydrogen (secondary N) is 1. The number of hydrazine groups is 1. The van der Waals surface area contributed by atoms with Crippen molar-refractivity contribution in [1.82, 2.24) is 15.0 Å². The monoisotopic (exact) mass is 214 g/mol. The van der Waals surface area contributed by atoms with E-state index in [4.69, 9.17) is 5.84 Å². The molecule has 0 spiro atoms. The molecule has 1 heterocycles. The van der Waals surface area contributed by atoms with Crippen LogP contribution >= 0.6 is 11.8 Å². The summed E-state index contributed by atoms with van der Waals surface area (Å²) in [4.78, 5) is 12.4. The number of thioether (sulfide) groups is 1. The van der Waals surface area contributed by atoms with Gasteiger partial charge >= 0.3 is 0 Å². The van der Waals surface area contributed by atoms with Crippen molar-refractivity contribution >= 4 is 23.7 Å². The number of nitrogens with zero attached hydrogens (tertiary/aromatic N) is 4. The lowest BCUT2D eigenvalue weighted by atomic mass is 10.7. The Morgan fingerprint density at radius 2 is 2.14 bits per heavy atom. The largest absolute Gasteiger partial charge is 0.354 e. The zero-order valence-corrected chi connectivity index (χ0v) is 9.30. The average molecular weight is 214 g/mol. The molecule has 6 nitrogen and oxygen atoms in total. The molecule has 0 aliphatic rings. The van der Waals surface area contributed by atoms with Crippen LogP contribution in [0.15, 0.2) is 5.16 Å². The van der Waals surface area contributed by atoms with E-state index < -0.39 is 0 Å². The van der Waals surface area contributed by atoms with Crippen molar-refractivity contribution in [1.29, 1.82) is 0 Å². The predicted molar refractivity (Wildman–Crippen MR) is 58.4 cm³/mol. The van der Waals surface area contributed by atoms with E-state index in [0.717, 1.165) is 6.54 Å². The molecule has 14 heavy (non-hydrogen) atoms. The summed E-state index contributed by atoms with van der Waals surface area (Å²) in [5.41, 5.74) is 0. The molecule has 0 unspecified atom stereocenters. The first-order valence-electron chi connectivity index (χ1n) is 4.19. The van der Waals surface area contributed by atoms with Crippen LogP contribution < -0.4 is 16.2 Å². The molecule has 1 aromatic heterocycles. The van der Waals surface area contributed by atoms with Crippen LogP contribution in [0, 0.1) is 0 Å². The van der Waals surface area contributed by atoms with E-state index >= 15 is 0 Å². The Morgan fingerprint density at radius 1 is 1.43 bits per heavy atom. The lowest BCUT2D eigenvalue weighted by molar-refractivity contribution is 0.840. The van der Waals surface area contributed by atoms with Crippen molar-refractivity contribution in [2.45, 2.75) is 12.1 Å². The van der Waals surface area contributed by atoms with Crippen molar-refractivity contribution in [3.63, 3.8) is 0 Å². The molecule has 0 radical (unpaired) electrons. The third kappa shape index (κ3) is 2.71.